The molecular formula is C18H17N3O3. The van der Waals surface area contributed by atoms with Gasteiger partial charge in [-0.05, 0) is 43.5 Å². The highest BCUT2D eigenvalue weighted by atomic mass is 16.4. The number of hydrogen-bond acceptors (Lipinski definition) is 4. The van der Waals surface area contributed by atoms with Crippen LogP contribution in [0.15, 0.2) is 39.5 Å². The summed E-state index contributed by atoms with van der Waals surface area (Å²) in [5, 5.41) is 8.10. The number of aromatic nitrogens is 2. The number of amides is 1. The van der Waals surface area contributed by atoms with Crippen LogP contribution in [0.2, 0.25) is 0 Å². The minimum atomic E-state index is -0.399. The van der Waals surface area contributed by atoms with Crippen LogP contribution in [0, 0.1) is 6.92 Å². The van der Waals surface area contributed by atoms with E-state index in [1.165, 1.54) is 6.07 Å². The number of anilines is 1. The maximum absolute atomic E-state index is 12.5. The summed E-state index contributed by atoms with van der Waals surface area (Å²) >= 11 is 0. The van der Waals surface area contributed by atoms with Crippen molar-refractivity contribution in [2.24, 2.45) is 7.05 Å². The van der Waals surface area contributed by atoms with Crippen molar-refractivity contribution in [3.63, 3.8) is 0 Å². The van der Waals surface area contributed by atoms with Crippen molar-refractivity contribution in [3.8, 4) is 0 Å². The molecule has 1 aliphatic rings. The van der Waals surface area contributed by atoms with E-state index in [1.807, 2.05) is 19.1 Å². The molecule has 1 aromatic carbocycles. The number of nitrogens with one attached hydrogen (secondary N) is 1. The summed E-state index contributed by atoms with van der Waals surface area (Å²) < 4.78 is 6.82. The van der Waals surface area contributed by atoms with E-state index in [1.54, 1.807) is 23.9 Å². The highest BCUT2D eigenvalue weighted by Crippen LogP contribution is 2.39. The highest BCUT2D eigenvalue weighted by molar-refractivity contribution is 6.04. The molecular weight excluding hydrogens is 306 g/mol. The first-order valence-electron chi connectivity index (χ1n) is 7.91. The van der Waals surface area contributed by atoms with Gasteiger partial charge < -0.3 is 9.73 Å². The number of fused-ring (bicyclic) bond motifs is 1. The molecule has 6 heteroatoms. The zero-order valence-corrected chi connectivity index (χ0v) is 13.5. The van der Waals surface area contributed by atoms with Gasteiger partial charge in [0.25, 0.3) is 5.91 Å². The van der Waals surface area contributed by atoms with E-state index in [0.717, 1.165) is 29.5 Å². The average Bonchev–Trinajstić information content (AvgIpc) is 3.29. The zero-order valence-electron chi connectivity index (χ0n) is 13.5. The second-order valence-electron chi connectivity index (χ2n) is 6.27. The van der Waals surface area contributed by atoms with Crippen LogP contribution < -0.4 is 10.9 Å². The monoisotopic (exact) mass is 323 g/mol. The Morgan fingerprint density at radius 3 is 2.83 bits per heavy atom. The van der Waals surface area contributed by atoms with Crippen molar-refractivity contribution in [3.05, 3.63) is 57.7 Å². The molecule has 0 bridgehead atoms. The van der Waals surface area contributed by atoms with E-state index >= 15 is 0 Å². The molecule has 1 saturated carbocycles. The topological polar surface area (TPSA) is 77.1 Å². The largest absolute Gasteiger partial charge is 0.423 e. The van der Waals surface area contributed by atoms with Crippen LogP contribution in [0.4, 0.5) is 5.69 Å². The molecule has 0 spiro atoms. The minimum absolute atomic E-state index is 0.230. The number of aryl methyl sites for hydroxylation is 2. The fourth-order valence-corrected chi connectivity index (χ4v) is 2.88. The maximum atomic E-state index is 12.5. The molecule has 6 nitrogen and oxygen atoms in total. The minimum Gasteiger partial charge on any atom is -0.423 e. The molecule has 0 aliphatic heterocycles. The van der Waals surface area contributed by atoms with Gasteiger partial charge in [0, 0.05) is 36.2 Å². The molecule has 0 saturated heterocycles. The Morgan fingerprint density at radius 1 is 1.29 bits per heavy atom. The Kier molecular flexibility index (Phi) is 3.26. The molecule has 2 heterocycles. The normalized spacial score (nSPS) is 14.1. The molecule has 1 aliphatic carbocycles. The van der Waals surface area contributed by atoms with E-state index in [2.05, 4.69) is 10.4 Å². The second kappa shape index (κ2) is 5.33. The van der Waals surface area contributed by atoms with Crippen LogP contribution in [0.5, 0.6) is 0 Å². The van der Waals surface area contributed by atoms with E-state index in [4.69, 9.17) is 4.42 Å². The lowest BCUT2D eigenvalue weighted by Crippen LogP contribution is -2.16. The molecule has 4 rings (SSSR count). The van der Waals surface area contributed by atoms with Crippen molar-refractivity contribution in [2.75, 3.05) is 5.32 Å². The summed E-state index contributed by atoms with van der Waals surface area (Å²) in [6, 6.07) is 8.60. The van der Waals surface area contributed by atoms with Crippen LogP contribution in [-0.2, 0) is 7.05 Å². The van der Waals surface area contributed by atoms with Gasteiger partial charge in [-0.15, -0.1) is 0 Å². The van der Waals surface area contributed by atoms with E-state index in [-0.39, 0.29) is 5.91 Å². The third-order valence-corrected chi connectivity index (χ3v) is 4.34. The summed E-state index contributed by atoms with van der Waals surface area (Å²) in [6.07, 6.45) is 2.28. The third kappa shape index (κ3) is 2.60. The first-order chi connectivity index (χ1) is 11.5. The molecule has 0 radical (unpaired) electrons. The van der Waals surface area contributed by atoms with Crippen LogP contribution >= 0.6 is 0 Å². The van der Waals surface area contributed by atoms with E-state index in [0.29, 0.717) is 22.9 Å². The summed E-state index contributed by atoms with van der Waals surface area (Å²) in [6.45, 7) is 1.85. The SMILES string of the molecule is Cc1cc(=O)oc2cc(NC(=O)c3cc(C4CC4)nn3C)ccc12. The van der Waals surface area contributed by atoms with Gasteiger partial charge in [-0.1, -0.05) is 0 Å². The van der Waals surface area contributed by atoms with Crippen LogP contribution in [0.25, 0.3) is 11.0 Å². The Bertz CT molecular complexity index is 1010. The number of rotatable bonds is 3. The van der Waals surface area contributed by atoms with Gasteiger partial charge in [-0.2, -0.15) is 5.10 Å². The fraction of sp³-hybridized carbons (Fsp3) is 0.278. The Morgan fingerprint density at radius 2 is 2.08 bits per heavy atom. The number of carbonyl (C=O) groups is 1. The highest BCUT2D eigenvalue weighted by Gasteiger charge is 2.28. The van der Waals surface area contributed by atoms with Gasteiger partial charge in [0.1, 0.15) is 11.3 Å². The molecule has 3 aromatic rings. The first kappa shape index (κ1) is 14.7. The molecule has 2 aromatic heterocycles. The van der Waals surface area contributed by atoms with E-state index in [9.17, 15) is 9.59 Å². The smallest absolute Gasteiger partial charge is 0.336 e. The fourth-order valence-electron chi connectivity index (χ4n) is 2.88. The van der Waals surface area contributed by atoms with Gasteiger partial charge in [0.05, 0.1) is 5.69 Å². The third-order valence-electron chi connectivity index (χ3n) is 4.34. The van der Waals surface area contributed by atoms with Gasteiger partial charge in [0.15, 0.2) is 0 Å². The quantitative estimate of drug-likeness (QED) is 0.752. The van der Waals surface area contributed by atoms with Gasteiger partial charge in [0.2, 0.25) is 0 Å². The van der Waals surface area contributed by atoms with Crippen LogP contribution in [0.1, 0.15) is 40.5 Å². The molecule has 1 fully saturated rings. The predicted octanol–water partition coefficient (Wildman–Crippen LogP) is 2.96. The summed E-state index contributed by atoms with van der Waals surface area (Å²) in [4.78, 5) is 24.0. The lowest BCUT2D eigenvalue weighted by molar-refractivity contribution is 0.101. The molecule has 0 atom stereocenters. The van der Waals surface area contributed by atoms with Crippen molar-refractivity contribution >= 4 is 22.6 Å². The molecule has 0 unspecified atom stereocenters. The van der Waals surface area contributed by atoms with Crippen LogP contribution in [-0.4, -0.2) is 15.7 Å². The lowest BCUT2D eigenvalue weighted by Gasteiger charge is -2.07. The summed E-state index contributed by atoms with van der Waals surface area (Å²) in [7, 11) is 1.77. The molecule has 1 amide bonds. The number of hydrogen-bond donors (Lipinski definition) is 1. The predicted molar refractivity (Wildman–Crippen MR) is 90.4 cm³/mol. The van der Waals surface area contributed by atoms with Gasteiger partial charge >= 0.3 is 5.63 Å². The van der Waals surface area contributed by atoms with Crippen molar-refractivity contribution < 1.29 is 9.21 Å². The number of benzene rings is 1. The standard InChI is InChI=1S/C18H17N3O3/c1-10-7-17(22)24-16-8-12(5-6-13(10)16)19-18(23)15-9-14(11-3-4-11)20-21(15)2/h5-9,11H,3-4H2,1-2H3,(H,19,23). The van der Waals surface area contributed by atoms with Crippen molar-refractivity contribution in [1.29, 1.82) is 0 Å². The van der Waals surface area contributed by atoms with E-state index < -0.39 is 5.63 Å². The maximum Gasteiger partial charge on any atom is 0.336 e. The zero-order chi connectivity index (χ0) is 16.8. The van der Waals surface area contributed by atoms with Crippen molar-refractivity contribution in [2.45, 2.75) is 25.7 Å². The second-order valence-corrected chi connectivity index (χ2v) is 6.27. The summed E-state index contributed by atoms with van der Waals surface area (Å²) in [5.74, 6) is 0.266. The molecule has 122 valence electrons. The molecule has 24 heavy (non-hydrogen) atoms. The Hall–Kier alpha value is -2.89. The Labute approximate surface area is 138 Å². The van der Waals surface area contributed by atoms with Gasteiger partial charge in [-0.25, -0.2) is 4.79 Å². The number of nitrogens with zero attached hydrogens (tertiary/aromatic N) is 2. The van der Waals surface area contributed by atoms with Crippen LogP contribution in [0.3, 0.4) is 0 Å². The van der Waals surface area contributed by atoms with Gasteiger partial charge in [-0.3, -0.25) is 9.48 Å². The number of carbonyl (C=O) groups excluding carboxylic acids is 1. The van der Waals surface area contributed by atoms with Crippen molar-refractivity contribution in [1.82, 2.24) is 9.78 Å². The first-order valence-corrected chi connectivity index (χ1v) is 7.91. The summed E-state index contributed by atoms with van der Waals surface area (Å²) in [5.41, 5.74) is 2.98. The average molecular weight is 323 g/mol. The Balaban J connectivity index is 1.63. The molecule has 1 N–H and O–H groups in total. The lowest BCUT2D eigenvalue weighted by atomic mass is 10.1.